The Bertz CT molecular complexity index is 209. The van der Waals surface area contributed by atoms with Crippen LogP contribution in [0, 0.1) is 11.8 Å². The Morgan fingerprint density at radius 2 is 0.720 bits per heavy atom. The molecule has 0 saturated heterocycles. The van der Waals surface area contributed by atoms with Crippen LogP contribution in [-0.2, 0) is 35.7 Å². The first-order valence-electron chi connectivity index (χ1n) is 8.23. The molecule has 25 heavy (non-hydrogen) atoms. The zero-order chi connectivity index (χ0) is 20.7. The minimum atomic E-state index is -0.597. The number of aliphatic hydroxyl groups is 4. The normalized spacial score (nSPS) is 13.2. The van der Waals surface area contributed by atoms with Crippen molar-refractivity contribution < 1.29 is 56.1 Å². The molecule has 0 spiro atoms. The van der Waals surface area contributed by atoms with Gasteiger partial charge in [0.15, 0.2) is 12.6 Å². The van der Waals surface area contributed by atoms with Crippen molar-refractivity contribution in [3.8, 4) is 0 Å². The van der Waals surface area contributed by atoms with Crippen molar-refractivity contribution in [1.29, 1.82) is 0 Å². The van der Waals surface area contributed by atoms with Gasteiger partial charge in [-0.05, 0) is 41.5 Å². The van der Waals surface area contributed by atoms with Gasteiger partial charge < -0.3 is 29.9 Å². The third-order valence-electron chi connectivity index (χ3n) is 1.62. The average molecular weight is 448 g/mol. The molecule has 0 aliphatic heterocycles. The maximum atomic E-state index is 8.71. The SMILES string of the molecule is CC(C)(C)O.CC(C)(C)O.COC(O)C(C)C.COC(O)C(C)C.[Zr]. The van der Waals surface area contributed by atoms with Crippen LogP contribution in [0.25, 0.3) is 0 Å². The average Bonchev–Trinajstić information content (AvgIpc) is 2.33. The zero-order valence-electron chi connectivity index (χ0n) is 18.4. The standard InChI is InChI=1S/2C5H12O2.2C4H10O.Zr/c2*1-4(2)5(6)7-3;2*1-4(2,3)5;/h2*4-6H,1-3H3;2*5H,1-3H3;. The molecule has 156 valence electrons. The van der Waals surface area contributed by atoms with Gasteiger partial charge in [0.25, 0.3) is 0 Å². The van der Waals surface area contributed by atoms with Crippen LogP contribution in [0.15, 0.2) is 0 Å². The molecule has 0 aromatic rings. The summed E-state index contributed by atoms with van der Waals surface area (Å²) in [7, 11) is 2.98. The van der Waals surface area contributed by atoms with E-state index >= 15 is 0 Å². The van der Waals surface area contributed by atoms with Crippen molar-refractivity contribution in [3.63, 3.8) is 0 Å². The summed E-state index contributed by atoms with van der Waals surface area (Å²) >= 11 is 0. The van der Waals surface area contributed by atoms with Crippen LogP contribution in [0.5, 0.6) is 0 Å². The van der Waals surface area contributed by atoms with Gasteiger partial charge >= 0.3 is 0 Å². The predicted molar refractivity (Wildman–Crippen MR) is 99.7 cm³/mol. The minimum absolute atomic E-state index is 0. The van der Waals surface area contributed by atoms with Crippen LogP contribution in [0.4, 0.5) is 0 Å². The second-order valence-electron chi connectivity index (χ2n) is 8.08. The molecule has 0 heterocycles. The number of hydrogen-bond donors (Lipinski definition) is 4. The number of hydrogen-bond acceptors (Lipinski definition) is 6. The molecule has 0 aliphatic rings. The summed E-state index contributed by atoms with van der Waals surface area (Å²) in [6.45, 7) is 18.0. The fraction of sp³-hybridized carbons (Fsp3) is 1.00. The quantitative estimate of drug-likeness (QED) is 0.495. The van der Waals surface area contributed by atoms with E-state index < -0.39 is 23.8 Å². The van der Waals surface area contributed by atoms with Crippen LogP contribution in [-0.4, -0.2) is 58.4 Å². The van der Waals surface area contributed by atoms with Crippen molar-refractivity contribution in [2.75, 3.05) is 14.2 Å². The molecular formula is C18H44O6Zr. The van der Waals surface area contributed by atoms with Gasteiger partial charge in [-0.1, -0.05) is 27.7 Å². The summed E-state index contributed by atoms with van der Waals surface area (Å²) in [4.78, 5) is 0. The van der Waals surface area contributed by atoms with Crippen molar-refractivity contribution in [1.82, 2.24) is 0 Å². The van der Waals surface area contributed by atoms with Gasteiger partial charge in [-0.2, -0.15) is 0 Å². The van der Waals surface area contributed by atoms with E-state index in [1.165, 1.54) is 14.2 Å². The molecule has 7 heteroatoms. The predicted octanol–water partition coefficient (Wildman–Crippen LogP) is 2.77. The number of aliphatic hydroxyl groups excluding tert-OH is 2. The van der Waals surface area contributed by atoms with Gasteiger partial charge in [0, 0.05) is 52.3 Å². The molecule has 4 N–H and O–H groups in total. The van der Waals surface area contributed by atoms with Crippen LogP contribution in [0.3, 0.4) is 0 Å². The summed E-state index contributed by atoms with van der Waals surface area (Å²) in [6.07, 6.45) is -1.19. The molecular weight excluding hydrogens is 403 g/mol. The Labute approximate surface area is 175 Å². The second-order valence-corrected chi connectivity index (χ2v) is 8.08. The molecule has 0 bridgehead atoms. The first-order valence-corrected chi connectivity index (χ1v) is 8.23. The maximum Gasteiger partial charge on any atom is 0.156 e. The van der Waals surface area contributed by atoms with Gasteiger partial charge in [0.05, 0.1) is 11.2 Å². The van der Waals surface area contributed by atoms with E-state index in [4.69, 9.17) is 20.4 Å². The second kappa shape index (κ2) is 19.4. The largest absolute Gasteiger partial charge is 0.391 e. The molecule has 0 rings (SSSR count). The summed E-state index contributed by atoms with van der Waals surface area (Å²) in [5.74, 6) is 0.398. The minimum Gasteiger partial charge on any atom is -0.391 e. The van der Waals surface area contributed by atoms with E-state index in [1.807, 2.05) is 27.7 Å². The summed E-state index contributed by atoms with van der Waals surface area (Å²) < 4.78 is 9.13. The molecule has 2 unspecified atom stereocenters. The van der Waals surface area contributed by atoms with Crippen LogP contribution < -0.4 is 0 Å². The Balaban J connectivity index is -0.0000000711. The fourth-order valence-corrected chi connectivity index (χ4v) is 0.544. The summed E-state index contributed by atoms with van der Waals surface area (Å²) in [5.41, 5.74) is -1.00. The zero-order valence-corrected chi connectivity index (χ0v) is 20.9. The first-order chi connectivity index (χ1) is 10.4. The Morgan fingerprint density at radius 3 is 0.720 bits per heavy atom. The first kappa shape index (κ1) is 36.5. The number of rotatable bonds is 4. The molecule has 0 amide bonds. The van der Waals surface area contributed by atoms with E-state index in [9.17, 15) is 0 Å². The molecule has 0 saturated carbocycles. The van der Waals surface area contributed by atoms with Crippen LogP contribution in [0.2, 0.25) is 0 Å². The van der Waals surface area contributed by atoms with Crippen LogP contribution in [0.1, 0.15) is 69.2 Å². The molecule has 0 aromatic heterocycles. The third kappa shape index (κ3) is 79.0. The fourth-order valence-electron chi connectivity index (χ4n) is 0.544. The van der Waals surface area contributed by atoms with Crippen molar-refractivity contribution in [3.05, 3.63) is 0 Å². The molecule has 6 nitrogen and oxygen atoms in total. The van der Waals surface area contributed by atoms with Gasteiger partial charge in [0.2, 0.25) is 0 Å². The Hall–Kier alpha value is 0.643. The van der Waals surface area contributed by atoms with Gasteiger partial charge in [-0.3, -0.25) is 0 Å². The van der Waals surface area contributed by atoms with Crippen LogP contribution >= 0.6 is 0 Å². The molecule has 2 atom stereocenters. The van der Waals surface area contributed by atoms with Gasteiger partial charge in [-0.15, -0.1) is 0 Å². The van der Waals surface area contributed by atoms with E-state index in [0.29, 0.717) is 0 Å². The smallest absolute Gasteiger partial charge is 0.156 e. The molecule has 0 aliphatic carbocycles. The van der Waals surface area contributed by atoms with E-state index in [0.717, 1.165) is 0 Å². The maximum absolute atomic E-state index is 8.71. The van der Waals surface area contributed by atoms with E-state index in [2.05, 4.69) is 9.47 Å². The van der Waals surface area contributed by atoms with Crippen molar-refractivity contribution in [2.24, 2.45) is 11.8 Å². The molecule has 0 aromatic carbocycles. The molecule has 0 fully saturated rings. The molecule has 0 radical (unpaired) electrons. The van der Waals surface area contributed by atoms with E-state index in [-0.39, 0.29) is 38.0 Å². The van der Waals surface area contributed by atoms with Gasteiger partial charge in [-0.25, -0.2) is 0 Å². The number of methoxy groups -OCH3 is 2. The summed E-state index contributed by atoms with van der Waals surface area (Å²) in [5, 5.41) is 34.5. The van der Waals surface area contributed by atoms with Gasteiger partial charge in [0.1, 0.15) is 0 Å². The Morgan fingerprint density at radius 1 is 0.600 bits per heavy atom. The van der Waals surface area contributed by atoms with Crippen molar-refractivity contribution >= 4 is 0 Å². The Kier molecular flexibility index (Phi) is 28.4. The number of ether oxygens (including phenoxy) is 2. The van der Waals surface area contributed by atoms with Crippen molar-refractivity contribution in [2.45, 2.75) is 93.0 Å². The third-order valence-corrected chi connectivity index (χ3v) is 1.62. The topological polar surface area (TPSA) is 99.4 Å². The van der Waals surface area contributed by atoms with E-state index in [1.54, 1.807) is 41.5 Å². The monoisotopic (exact) mass is 446 g/mol. The summed E-state index contributed by atoms with van der Waals surface area (Å²) in [6, 6.07) is 0.